The molecule has 29 heavy (non-hydrogen) atoms. The topological polar surface area (TPSA) is 84.9 Å². The van der Waals surface area contributed by atoms with Crippen LogP contribution in [0.3, 0.4) is 0 Å². The number of ether oxygens (including phenoxy) is 2. The molecule has 2 fully saturated rings. The largest absolute Gasteiger partial charge is 0.493 e. The molecule has 1 aliphatic heterocycles. The molecule has 3 amide bonds. The third-order valence-electron chi connectivity index (χ3n) is 5.34. The number of carbonyl (C=O) groups is 3. The van der Waals surface area contributed by atoms with Gasteiger partial charge in [0.2, 0.25) is 5.91 Å². The average Bonchev–Trinajstić information content (AvgIpc) is 2.97. The Balaban J connectivity index is 1.67. The quantitative estimate of drug-likeness (QED) is 0.713. The highest BCUT2D eigenvalue weighted by Gasteiger charge is 2.37. The molecule has 2 atom stereocenters. The molecule has 0 radical (unpaired) electrons. The van der Waals surface area contributed by atoms with Gasteiger partial charge in [0.05, 0.1) is 19.1 Å². The maximum absolute atomic E-state index is 12.7. The second-order valence-electron chi connectivity index (χ2n) is 7.32. The van der Waals surface area contributed by atoms with Gasteiger partial charge in [-0.2, -0.15) is 0 Å². The number of amides is 3. The maximum atomic E-state index is 12.7. The van der Waals surface area contributed by atoms with Crippen LogP contribution < -0.4 is 14.8 Å². The van der Waals surface area contributed by atoms with Crippen LogP contribution in [0.1, 0.15) is 38.2 Å². The summed E-state index contributed by atoms with van der Waals surface area (Å²) in [5.41, 5.74) is 0.702. The Morgan fingerprint density at radius 3 is 2.62 bits per heavy atom. The van der Waals surface area contributed by atoms with Crippen LogP contribution in [-0.4, -0.2) is 48.8 Å². The predicted molar refractivity (Wildman–Crippen MR) is 112 cm³/mol. The zero-order valence-corrected chi connectivity index (χ0v) is 17.7. The SMILES string of the molecule is COc1ccc(C=C2SC(=O)N(CC(=O)NC3CCCCC3C)C2=O)cc1OC. The Morgan fingerprint density at radius 2 is 1.93 bits per heavy atom. The molecule has 1 N–H and O–H groups in total. The zero-order chi connectivity index (χ0) is 21.0. The number of hydrogen-bond acceptors (Lipinski definition) is 6. The maximum Gasteiger partial charge on any atom is 0.294 e. The summed E-state index contributed by atoms with van der Waals surface area (Å²) in [4.78, 5) is 38.7. The van der Waals surface area contributed by atoms with Crippen molar-refractivity contribution in [1.82, 2.24) is 10.2 Å². The highest BCUT2D eigenvalue weighted by Crippen LogP contribution is 2.34. The van der Waals surface area contributed by atoms with E-state index < -0.39 is 11.1 Å². The fourth-order valence-electron chi connectivity index (χ4n) is 3.66. The van der Waals surface area contributed by atoms with Gasteiger partial charge in [-0.15, -0.1) is 0 Å². The van der Waals surface area contributed by atoms with E-state index in [4.69, 9.17) is 9.47 Å². The third-order valence-corrected chi connectivity index (χ3v) is 6.25. The first kappa shape index (κ1) is 21.2. The smallest absolute Gasteiger partial charge is 0.294 e. The van der Waals surface area contributed by atoms with Gasteiger partial charge in [-0.05, 0) is 54.3 Å². The van der Waals surface area contributed by atoms with Crippen molar-refractivity contribution in [1.29, 1.82) is 0 Å². The summed E-state index contributed by atoms with van der Waals surface area (Å²) in [6.45, 7) is 1.87. The van der Waals surface area contributed by atoms with Gasteiger partial charge in [0.1, 0.15) is 6.54 Å². The van der Waals surface area contributed by atoms with Crippen molar-refractivity contribution < 1.29 is 23.9 Å². The van der Waals surface area contributed by atoms with E-state index in [2.05, 4.69) is 12.2 Å². The summed E-state index contributed by atoms with van der Waals surface area (Å²) >= 11 is 0.835. The molecule has 7 nitrogen and oxygen atoms in total. The minimum Gasteiger partial charge on any atom is -0.493 e. The monoisotopic (exact) mass is 418 g/mol. The van der Waals surface area contributed by atoms with Crippen molar-refractivity contribution in [2.45, 2.75) is 38.6 Å². The van der Waals surface area contributed by atoms with Crippen LogP contribution in [-0.2, 0) is 9.59 Å². The third kappa shape index (κ3) is 4.93. The molecular formula is C21H26N2O5S. The highest BCUT2D eigenvalue weighted by molar-refractivity contribution is 8.18. The Bertz CT molecular complexity index is 838. The minimum atomic E-state index is -0.457. The Kier molecular flexibility index (Phi) is 6.84. The average molecular weight is 419 g/mol. The Hall–Kier alpha value is -2.48. The summed E-state index contributed by atoms with van der Waals surface area (Å²) in [6, 6.07) is 5.34. The van der Waals surface area contributed by atoms with E-state index in [9.17, 15) is 14.4 Å². The second-order valence-corrected chi connectivity index (χ2v) is 8.31. The molecule has 1 saturated heterocycles. The molecule has 1 aromatic rings. The number of nitrogens with one attached hydrogen (secondary N) is 1. The first-order valence-electron chi connectivity index (χ1n) is 9.69. The van der Waals surface area contributed by atoms with E-state index in [1.807, 2.05) is 0 Å². The van der Waals surface area contributed by atoms with Gasteiger partial charge in [0, 0.05) is 6.04 Å². The lowest BCUT2D eigenvalue weighted by Crippen LogP contribution is -2.46. The number of rotatable bonds is 6. The first-order valence-corrected chi connectivity index (χ1v) is 10.5. The number of carbonyl (C=O) groups excluding carboxylic acids is 3. The van der Waals surface area contributed by atoms with Crippen LogP contribution in [0.15, 0.2) is 23.1 Å². The lowest BCUT2D eigenvalue weighted by atomic mass is 9.86. The van der Waals surface area contributed by atoms with Gasteiger partial charge in [0.25, 0.3) is 11.1 Å². The van der Waals surface area contributed by atoms with Crippen molar-refractivity contribution in [3.05, 3.63) is 28.7 Å². The molecule has 0 spiro atoms. The van der Waals surface area contributed by atoms with Crippen molar-refractivity contribution in [2.75, 3.05) is 20.8 Å². The number of imide groups is 1. The number of thioether (sulfide) groups is 1. The fraction of sp³-hybridized carbons (Fsp3) is 0.476. The van der Waals surface area contributed by atoms with Crippen molar-refractivity contribution in [3.63, 3.8) is 0 Å². The van der Waals surface area contributed by atoms with Crippen LogP contribution >= 0.6 is 11.8 Å². The molecule has 1 aromatic carbocycles. The van der Waals surface area contributed by atoms with E-state index in [-0.39, 0.29) is 23.4 Å². The van der Waals surface area contributed by atoms with E-state index in [1.165, 1.54) is 13.5 Å². The highest BCUT2D eigenvalue weighted by atomic mass is 32.2. The molecule has 2 aliphatic rings. The molecule has 0 bridgehead atoms. The number of benzene rings is 1. The van der Waals surface area contributed by atoms with Crippen LogP contribution in [0.25, 0.3) is 6.08 Å². The fourth-order valence-corrected chi connectivity index (χ4v) is 4.50. The van der Waals surface area contributed by atoms with Crippen molar-refractivity contribution in [2.24, 2.45) is 5.92 Å². The predicted octanol–water partition coefficient (Wildman–Crippen LogP) is 3.44. The van der Waals surface area contributed by atoms with Crippen LogP contribution in [0.5, 0.6) is 11.5 Å². The Morgan fingerprint density at radius 1 is 1.21 bits per heavy atom. The molecule has 2 unspecified atom stereocenters. The zero-order valence-electron chi connectivity index (χ0n) is 16.9. The van der Waals surface area contributed by atoms with Gasteiger partial charge in [-0.3, -0.25) is 19.3 Å². The number of nitrogens with zero attached hydrogens (tertiary/aromatic N) is 1. The minimum absolute atomic E-state index is 0.110. The van der Waals surface area contributed by atoms with Gasteiger partial charge in [-0.25, -0.2) is 0 Å². The van der Waals surface area contributed by atoms with Gasteiger partial charge in [-0.1, -0.05) is 25.8 Å². The molecule has 8 heteroatoms. The van der Waals surface area contributed by atoms with Crippen LogP contribution in [0.2, 0.25) is 0 Å². The molecule has 3 rings (SSSR count). The van der Waals surface area contributed by atoms with Crippen LogP contribution in [0.4, 0.5) is 4.79 Å². The van der Waals surface area contributed by atoms with E-state index in [0.717, 1.165) is 35.9 Å². The van der Waals surface area contributed by atoms with Crippen molar-refractivity contribution in [3.8, 4) is 11.5 Å². The molecule has 0 aromatic heterocycles. The van der Waals surface area contributed by atoms with Crippen molar-refractivity contribution >= 4 is 34.9 Å². The summed E-state index contributed by atoms with van der Waals surface area (Å²) in [6.07, 6.45) is 5.91. The van der Waals surface area contributed by atoms with E-state index >= 15 is 0 Å². The summed E-state index contributed by atoms with van der Waals surface area (Å²) in [5.74, 6) is 0.764. The lowest BCUT2D eigenvalue weighted by Gasteiger charge is -2.29. The normalized spacial score (nSPS) is 23.4. The summed E-state index contributed by atoms with van der Waals surface area (Å²) in [5, 5.41) is 2.55. The van der Waals surface area contributed by atoms with Gasteiger partial charge >= 0.3 is 0 Å². The molecular weight excluding hydrogens is 392 g/mol. The molecule has 156 valence electrons. The standard InChI is InChI=1S/C21H26N2O5S/c1-13-6-4-5-7-15(13)22-19(24)12-23-20(25)18(29-21(23)26)11-14-8-9-16(27-2)17(10-14)28-3/h8-11,13,15H,4-7,12H2,1-3H3,(H,22,24). The molecule has 1 saturated carbocycles. The second kappa shape index (κ2) is 9.35. The van der Waals surface area contributed by atoms with Crippen LogP contribution in [0, 0.1) is 5.92 Å². The Labute approximate surface area is 174 Å². The molecule has 1 heterocycles. The van der Waals surface area contributed by atoms with Gasteiger partial charge < -0.3 is 14.8 Å². The number of hydrogen-bond donors (Lipinski definition) is 1. The summed E-state index contributed by atoms with van der Waals surface area (Å²) < 4.78 is 10.5. The molecule has 1 aliphatic carbocycles. The number of methoxy groups -OCH3 is 2. The van der Waals surface area contributed by atoms with E-state index in [0.29, 0.717) is 23.0 Å². The summed E-state index contributed by atoms with van der Waals surface area (Å²) in [7, 11) is 3.07. The first-order chi connectivity index (χ1) is 13.9. The van der Waals surface area contributed by atoms with Gasteiger partial charge in [0.15, 0.2) is 11.5 Å². The lowest BCUT2D eigenvalue weighted by molar-refractivity contribution is -0.130. The van der Waals surface area contributed by atoms with E-state index in [1.54, 1.807) is 31.4 Å².